The Morgan fingerprint density at radius 3 is 2.30 bits per heavy atom. The van der Waals surface area contributed by atoms with Crippen molar-refractivity contribution in [1.82, 2.24) is 4.31 Å². The maximum atomic E-state index is 13.2. The van der Waals surface area contributed by atoms with Gasteiger partial charge in [-0.15, -0.1) is 0 Å². The Bertz CT molecular complexity index is 1380. The third-order valence-electron chi connectivity index (χ3n) is 5.63. The second-order valence-corrected chi connectivity index (χ2v) is 12.6. The average molecular weight is 584 g/mol. The molecule has 0 spiro atoms. The molecule has 15 heteroatoms. The zero-order valence-electron chi connectivity index (χ0n) is 19.9. The standard InChI is InChI=1S/C22H25ClF3N3O6S2/c1-35-20-9-7-16(37(33,34)28-10-4-3-5-11-28)13-18(20)27-21(30)14-29(36(2,31)32)19-12-15(22(24,25)26)6-8-17(19)23/h6-9,12-13H,3-5,10-11,14H2,1-2H3,(H,27,30). The molecule has 1 aliphatic rings. The van der Waals surface area contributed by atoms with Crippen molar-refractivity contribution in [2.24, 2.45) is 0 Å². The second-order valence-electron chi connectivity index (χ2n) is 8.31. The SMILES string of the molecule is COc1ccc(S(=O)(=O)N2CCCCC2)cc1NC(=O)CN(c1cc(C(F)(F)F)ccc1Cl)S(C)(=O)=O. The van der Waals surface area contributed by atoms with Gasteiger partial charge in [-0.25, -0.2) is 16.8 Å². The first-order valence-corrected chi connectivity index (χ1v) is 14.6. The van der Waals surface area contributed by atoms with Gasteiger partial charge in [-0.05, 0) is 49.2 Å². The minimum absolute atomic E-state index is 0.0609. The van der Waals surface area contributed by atoms with Crippen LogP contribution in [0.1, 0.15) is 24.8 Å². The van der Waals surface area contributed by atoms with E-state index in [1.165, 1.54) is 29.6 Å². The molecule has 1 fully saturated rings. The number of carbonyl (C=O) groups excluding carboxylic acids is 1. The quantitative estimate of drug-likeness (QED) is 0.504. The van der Waals surface area contributed by atoms with E-state index in [0.29, 0.717) is 35.8 Å². The summed E-state index contributed by atoms with van der Waals surface area (Å²) in [6.07, 6.45) is -1.71. The highest BCUT2D eigenvalue weighted by Crippen LogP contribution is 2.36. The molecular formula is C22H25ClF3N3O6S2. The molecule has 2 aromatic carbocycles. The molecular weight excluding hydrogens is 559 g/mol. The van der Waals surface area contributed by atoms with Gasteiger partial charge in [0, 0.05) is 13.1 Å². The van der Waals surface area contributed by atoms with E-state index in [1.807, 2.05) is 0 Å². The van der Waals surface area contributed by atoms with E-state index in [4.69, 9.17) is 16.3 Å². The van der Waals surface area contributed by atoms with Crippen LogP contribution in [-0.4, -0.2) is 60.0 Å². The van der Waals surface area contributed by atoms with Gasteiger partial charge in [-0.2, -0.15) is 17.5 Å². The fourth-order valence-electron chi connectivity index (χ4n) is 3.78. The Labute approximate surface area is 218 Å². The third-order valence-corrected chi connectivity index (χ3v) is 8.97. The molecule has 0 aliphatic carbocycles. The highest BCUT2D eigenvalue weighted by molar-refractivity contribution is 7.92. The lowest BCUT2D eigenvalue weighted by atomic mass is 10.2. The molecule has 1 heterocycles. The summed E-state index contributed by atoms with van der Waals surface area (Å²) in [5.41, 5.74) is -1.75. The largest absolute Gasteiger partial charge is 0.495 e. The van der Waals surface area contributed by atoms with Crippen molar-refractivity contribution < 1.29 is 39.5 Å². The van der Waals surface area contributed by atoms with Crippen LogP contribution in [0.15, 0.2) is 41.3 Å². The number of anilines is 2. The molecule has 204 valence electrons. The van der Waals surface area contributed by atoms with E-state index in [-0.39, 0.29) is 21.4 Å². The van der Waals surface area contributed by atoms with Crippen LogP contribution in [0, 0.1) is 0 Å². The second kappa shape index (κ2) is 11.1. The van der Waals surface area contributed by atoms with Crippen LogP contribution < -0.4 is 14.4 Å². The van der Waals surface area contributed by atoms with Crippen molar-refractivity contribution in [3.63, 3.8) is 0 Å². The van der Waals surface area contributed by atoms with Gasteiger partial charge in [0.2, 0.25) is 26.0 Å². The Hall–Kier alpha value is -2.55. The van der Waals surface area contributed by atoms with Crippen molar-refractivity contribution in [1.29, 1.82) is 0 Å². The van der Waals surface area contributed by atoms with Gasteiger partial charge in [-0.1, -0.05) is 18.0 Å². The van der Waals surface area contributed by atoms with Crippen LogP contribution in [-0.2, 0) is 31.0 Å². The van der Waals surface area contributed by atoms with Crippen LogP contribution in [0.4, 0.5) is 24.5 Å². The number of piperidine rings is 1. The van der Waals surface area contributed by atoms with Gasteiger partial charge in [0.1, 0.15) is 12.3 Å². The van der Waals surface area contributed by atoms with E-state index < -0.39 is 49.9 Å². The lowest BCUT2D eigenvalue weighted by Gasteiger charge is -2.26. The number of nitrogens with one attached hydrogen (secondary N) is 1. The molecule has 37 heavy (non-hydrogen) atoms. The van der Waals surface area contributed by atoms with Crippen LogP contribution in [0.25, 0.3) is 0 Å². The van der Waals surface area contributed by atoms with E-state index in [0.717, 1.165) is 25.3 Å². The molecule has 1 amide bonds. The normalized spacial score (nSPS) is 15.3. The number of nitrogens with zero attached hydrogens (tertiary/aromatic N) is 2. The van der Waals surface area contributed by atoms with Crippen LogP contribution in [0.2, 0.25) is 5.02 Å². The van der Waals surface area contributed by atoms with E-state index in [2.05, 4.69) is 5.32 Å². The van der Waals surface area contributed by atoms with Crippen LogP contribution in [0.3, 0.4) is 0 Å². The molecule has 0 bridgehead atoms. The number of rotatable bonds is 8. The highest BCUT2D eigenvalue weighted by Gasteiger charge is 2.33. The Morgan fingerprint density at radius 1 is 1.08 bits per heavy atom. The van der Waals surface area contributed by atoms with Gasteiger partial charge in [-0.3, -0.25) is 9.10 Å². The summed E-state index contributed by atoms with van der Waals surface area (Å²) >= 11 is 5.99. The van der Waals surface area contributed by atoms with Crippen molar-refractivity contribution in [3.8, 4) is 5.75 Å². The molecule has 1 aliphatic heterocycles. The summed E-state index contributed by atoms with van der Waals surface area (Å²) in [5.74, 6) is -0.876. The first kappa shape index (κ1) is 29.0. The van der Waals surface area contributed by atoms with Gasteiger partial charge < -0.3 is 10.1 Å². The summed E-state index contributed by atoms with van der Waals surface area (Å²) < 4.78 is 97.5. The summed E-state index contributed by atoms with van der Waals surface area (Å²) in [4.78, 5) is 12.8. The van der Waals surface area contributed by atoms with Gasteiger partial charge >= 0.3 is 6.18 Å². The molecule has 1 saturated heterocycles. The van der Waals surface area contributed by atoms with Crippen molar-refractivity contribution in [2.75, 3.05) is 42.6 Å². The maximum absolute atomic E-state index is 13.2. The van der Waals surface area contributed by atoms with Crippen molar-refractivity contribution in [2.45, 2.75) is 30.3 Å². The average Bonchev–Trinajstić information content (AvgIpc) is 2.82. The number of hydrogen-bond acceptors (Lipinski definition) is 6. The van der Waals surface area contributed by atoms with Gasteiger partial charge in [0.25, 0.3) is 0 Å². The number of carbonyl (C=O) groups is 1. The number of halogens is 4. The van der Waals surface area contributed by atoms with Gasteiger partial charge in [0.15, 0.2) is 0 Å². The predicted octanol–water partition coefficient (Wildman–Crippen LogP) is 3.95. The minimum Gasteiger partial charge on any atom is -0.495 e. The summed E-state index contributed by atoms with van der Waals surface area (Å²) in [5, 5.41) is 2.07. The highest BCUT2D eigenvalue weighted by atomic mass is 35.5. The smallest absolute Gasteiger partial charge is 0.416 e. The lowest BCUT2D eigenvalue weighted by molar-refractivity contribution is -0.137. The fraction of sp³-hybridized carbons (Fsp3) is 0.409. The van der Waals surface area contributed by atoms with Crippen molar-refractivity contribution >= 4 is 48.9 Å². The number of hydrogen-bond donors (Lipinski definition) is 1. The lowest BCUT2D eigenvalue weighted by Crippen LogP contribution is -2.38. The fourth-order valence-corrected chi connectivity index (χ4v) is 6.45. The molecule has 2 aromatic rings. The Morgan fingerprint density at radius 2 is 1.73 bits per heavy atom. The third kappa shape index (κ3) is 6.86. The van der Waals surface area contributed by atoms with Gasteiger partial charge in [0.05, 0.1) is 40.2 Å². The Balaban J connectivity index is 1.92. The first-order valence-electron chi connectivity index (χ1n) is 11.0. The molecule has 0 saturated carbocycles. The van der Waals surface area contributed by atoms with E-state index in [9.17, 15) is 34.8 Å². The first-order chi connectivity index (χ1) is 17.1. The monoisotopic (exact) mass is 583 g/mol. The van der Waals surface area contributed by atoms with Crippen molar-refractivity contribution in [3.05, 3.63) is 47.0 Å². The molecule has 0 aromatic heterocycles. The molecule has 1 N–H and O–H groups in total. The van der Waals surface area contributed by atoms with E-state index in [1.54, 1.807) is 0 Å². The number of benzene rings is 2. The summed E-state index contributed by atoms with van der Waals surface area (Å²) in [7, 11) is -6.84. The zero-order chi connectivity index (χ0) is 27.6. The van der Waals surface area contributed by atoms with E-state index >= 15 is 0 Å². The molecule has 9 nitrogen and oxygen atoms in total. The predicted molar refractivity (Wildman–Crippen MR) is 133 cm³/mol. The van der Waals surface area contributed by atoms with Crippen LogP contribution in [0.5, 0.6) is 5.75 Å². The maximum Gasteiger partial charge on any atom is 0.416 e. The Kier molecular flexibility index (Phi) is 8.67. The number of alkyl halides is 3. The number of ether oxygens (including phenoxy) is 1. The molecule has 3 rings (SSSR count). The minimum atomic E-state index is -4.78. The summed E-state index contributed by atoms with van der Waals surface area (Å²) in [6, 6.07) is 5.94. The number of sulfonamides is 2. The molecule has 0 atom stereocenters. The topological polar surface area (TPSA) is 113 Å². The van der Waals surface area contributed by atoms with Crippen LogP contribution >= 0.6 is 11.6 Å². The molecule has 0 unspecified atom stereocenters. The summed E-state index contributed by atoms with van der Waals surface area (Å²) in [6.45, 7) is -0.222. The number of methoxy groups -OCH3 is 1. The molecule has 0 radical (unpaired) electrons. The number of amides is 1. The zero-order valence-corrected chi connectivity index (χ0v) is 22.3.